The van der Waals surface area contributed by atoms with Gasteiger partial charge in [0.05, 0.1) is 12.2 Å². The largest absolute Gasteiger partial charge is 0.482 e. The van der Waals surface area contributed by atoms with Crippen molar-refractivity contribution in [2.24, 2.45) is 0 Å². The van der Waals surface area contributed by atoms with Gasteiger partial charge in [0, 0.05) is 6.42 Å². The molecule has 1 aromatic rings. The Bertz CT molecular complexity index is 442. The van der Waals surface area contributed by atoms with Gasteiger partial charge < -0.3 is 4.74 Å². The maximum Gasteiger partial charge on any atom is 0.265 e. The van der Waals surface area contributed by atoms with Crippen LogP contribution in [0.15, 0.2) is 24.3 Å². The van der Waals surface area contributed by atoms with Crippen LogP contribution in [-0.4, -0.2) is 24.8 Å². The van der Waals surface area contributed by atoms with Crippen LogP contribution < -0.4 is 9.64 Å². The van der Waals surface area contributed by atoms with E-state index in [1.54, 1.807) is 12.1 Å². The highest BCUT2D eigenvalue weighted by Crippen LogP contribution is 2.31. The maximum atomic E-state index is 11.7. The molecule has 2 rings (SSSR count). The van der Waals surface area contributed by atoms with Gasteiger partial charge in [0.2, 0.25) is 0 Å². The maximum absolute atomic E-state index is 11.7. The number of fused-ring (bicyclic) bond motifs is 1. The molecule has 0 bridgehead atoms. The van der Waals surface area contributed by atoms with Crippen LogP contribution in [0.25, 0.3) is 0 Å². The lowest BCUT2D eigenvalue weighted by atomic mass is 10.2. The van der Waals surface area contributed by atoms with E-state index in [1.807, 2.05) is 19.1 Å². The number of Topliss-reactive ketones (excluding diaryl/α,β-unsaturated/α-hetero) is 1. The van der Waals surface area contributed by atoms with Crippen molar-refractivity contribution in [2.75, 3.05) is 18.1 Å². The first-order chi connectivity index (χ1) is 8.22. The van der Waals surface area contributed by atoms with Crippen molar-refractivity contribution < 1.29 is 14.3 Å². The summed E-state index contributed by atoms with van der Waals surface area (Å²) in [5.41, 5.74) is 0.688. The Kier molecular flexibility index (Phi) is 3.42. The summed E-state index contributed by atoms with van der Waals surface area (Å²) in [6, 6.07) is 7.28. The topological polar surface area (TPSA) is 46.6 Å². The highest BCUT2D eigenvalue weighted by Gasteiger charge is 2.26. The van der Waals surface area contributed by atoms with Crippen molar-refractivity contribution in [1.29, 1.82) is 0 Å². The molecule has 0 spiro atoms. The zero-order chi connectivity index (χ0) is 12.3. The van der Waals surface area contributed by atoms with Crippen LogP contribution in [0.2, 0.25) is 0 Å². The van der Waals surface area contributed by atoms with Crippen molar-refractivity contribution >= 4 is 17.4 Å². The standard InChI is InChI=1S/C13H15NO3/c1-2-5-10(15)8-14-11-6-3-4-7-12(11)17-9-13(14)16/h3-4,6-7H,2,5,8-9H2,1H3. The molecule has 1 aliphatic heterocycles. The summed E-state index contributed by atoms with van der Waals surface area (Å²) in [6.07, 6.45) is 1.31. The second-order valence-electron chi connectivity index (χ2n) is 4.02. The Labute approximate surface area is 100 Å². The number of rotatable bonds is 4. The van der Waals surface area contributed by atoms with Crippen molar-refractivity contribution in [1.82, 2.24) is 0 Å². The number of ether oxygens (including phenoxy) is 1. The van der Waals surface area contributed by atoms with E-state index < -0.39 is 0 Å². The summed E-state index contributed by atoms with van der Waals surface area (Å²) in [6.45, 7) is 2.11. The molecular weight excluding hydrogens is 218 g/mol. The van der Waals surface area contributed by atoms with Crippen LogP contribution in [0.5, 0.6) is 5.75 Å². The minimum Gasteiger partial charge on any atom is -0.482 e. The molecule has 0 N–H and O–H groups in total. The molecule has 17 heavy (non-hydrogen) atoms. The minimum atomic E-state index is -0.159. The minimum absolute atomic E-state index is 0.0103. The summed E-state index contributed by atoms with van der Waals surface area (Å²) in [5.74, 6) is 0.585. The molecule has 1 aromatic carbocycles. The van der Waals surface area contributed by atoms with Crippen molar-refractivity contribution in [3.63, 3.8) is 0 Å². The number of hydrogen-bond donors (Lipinski definition) is 0. The fourth-order valence-corrected chi connectivity index (χ4v) is 1.86. The van der Waals surface area contributed by atoms with Crippen LogP contribution >= 0.6 is 0 Å². The summed E-state index contributed by atoms with van der Waals surface area (Å²) in [7, 11) is 0. The quantitative estimate of drug-likeness (QED) is 0.796. The van der Waals surface area contributed by atoms with E-state index in [2.05, 4.69) is 0 Å². The van der Waals surface area contributed by atoms with Gasteiger partial charge in [0.25, 0.3) is 5.91 Å². The van der Waals surface area contributed by atoms with Crippen molar-refractivity contribution in [2.45, 2.75) is 19.8 Å². The monoisotopic (exact) mass is 233 g/mol. The zero-order valence-electron chi connectivity index (χ0n) is 9.81. The highest BCUT2D eigenvalue weighted by molar-refractivity contribution is 6.02. The molecule has 0 saturated carbocycles. The lowest BCUT2D eigenvalue weighted by Gasteiger charge is -2.28. The number of hydrogen-bond acceptors (Lipinski definition) is 3. The molecule has 0 aliphatic carbocycles. The third kappa shape index (κ3) is 2.46. The van der Waals surface area contributed by atoms with Crippen molar-refractivity contribution in [3.8, 4) is 5.75 Å². The second-order valence-corrected chi connectivity index (χ2v) is 4.02. The number of nitrogens with zero attached hydrogens (tertiary/aromatic N) is 1. The molecule has 0 fully saturated rings. The lowest BCUT2D eigenvalue weighted by Crippen LogP contribution is -2.41. The average molecular weight is 233 g/mol. The summed E-state index contributed by atoms with van der Waals surface area (Å²) in [5, 5.41) is 0. The molecule has 1 aliphatic rings. The Morgan fingerprint density at radius 2 is 2.18 bits per heavy atom. The summed E-state index contributed by atoms with van der Waals surface area (Å²) < 4.78 is 5.30. The summed E-state index contributed by atoms with van der Waals surface area (Å²) in [4.78, 5) is 24.9. The SMILES string of the molecule is CCCC(=O)CN1C(=O)COc2ccccc21. The third-order valence-electron chi connectivity index (χ3n) is 2.67. The lowest BCUT2D eigenvalue weighted by molar-refractivity contribution is -0.124. The normalized spacial score (nSPS) is 14.2. The molecule has 0 aromatic heterocycles. The Hall–Kier alpha value is -1.84. The number of anilines is 1. The molecule has 90 valence electrons. The first-order valence-corrected chi connectivity index (χ1v) is 5.76. The fraction of sp³-hybridized carbons (Fsp3) is 0.385. The van der Waals surface area contributed by atoms with Crippen LogP contribution in [0.3, 0.4) is 0 Å². The van der Waals surface area contributed by atoms with E-state index in [1.165, 1.54) is 4.90 Å². The fourth-order valence-electron chi connectivity index (χ4n) is 1.86. The number of carbonyl (C=O) groups is 2. The Morgan fingerprint density at radius 1 is 1.41 bits per heavy atom. The number of amides is 1. The number of para-hydroxylation sites is 2. The van der Waals surface area contributed by atoms with E-state index >= 15 is 0 Å². The number of benzene rings is 1. The molecule has 0 atom stereocenters. The third-order valence-corrected chi connectivity index (χ3v) is 2.67. The average Bonchev–Trinajstić information content (AvgIpc) is 2.33. The van der Waals surface area contributed by atoms with Gasteiger partial charge in [-0.05, 0) is 18.6 Å². The molecule has 4 heteroatoms. The van der Waals surface area contributed by atoms with Crippen molar-refractivity contribution in [3.05, 3.63) is 24.3 Å². The number of carbonyl (C=O) groups excluding carboxylic acids is 2. The molecule has 1 amide bonds. The van der Waals surface area contributed by atoms with Gasteiger partial charge in [-0.3, -0.25) is 14.5 Å². The Morgan fingerprint density at radius 3 is 2.94 bits per heavy atom. The summed E-state index contributed by atoms with van der Waals surface area (Å²) >= 11 is 0. The first kappa shape index (κ1) is 11.6. The van der Waals surface area contributed by atoms with E-state index in [0.717, 1.165) is 6.42 Å². The molecule has 0 unspecified atom stereocenters. The van der Waals surface area contributed by atoms with E-state index in [9.17, 15) is 9.59 Å². The number of ketones is 1. The van der Waals surface area contributed by atoms with Crippen LogP contribution in [0.4, 0.5) is 5.69 Å². The smallest absolute Gasteiger partial charge is 0.265 e. The van der Waals surface area contributed by atoms with Gasteiger partial charge in [-0.1, -0.05) is 19.1 Å². The van der Waals surface area contributed by atoms with E-state index in [-0.39, 0.29) is 24.8 Å². The zero-order valence-corrected chi connectivity index (χ0v) is 9.81. The first-order valence-electron chi connectivity index (χ1n) is 5.76. The highest BCUT2D eigenvalue weighted by atomic mass is 16.5. The van der Waals surface area contributed by atoms with Crippen LogP contribution in [-0.2, 0) is 9.59 Å². The predicted octanol–water partition coefficient (Wildman–Crippen LogP) is 1.78. The molecule has 4 nitrogen and oxygen atoms in total. The second kappa shape index (κ2) is 4.99. The molecule has 0 radical (unpaired) electrons. The van der Waals surface area contributed by atoms with Gasteiger partial charge in [-0.25, -0.2) is 0 Å². The van der Waals surface area contributed by atoms with E-state index in [4.69, 9.17) is 4.74 Å². The van der Waals surface area contributed by atoms with Crippen LogP contribution in [0.1, 0.15) is 19.8 Å². The Balaban J connectivity index is 2.21. The van der Waals surface area contributed by atoms with E-state index in [0.29, 0.717) is 17.9 Å². The van der Waals surface area contributed by atoms with Gasteiger partial charge in [-0.2, -0.15) is 0 Å². The van der Waals surface area contributed by atoms with Gasteiger partial charge in [0.1, 0.15) is 5.75 Å². The van der Waals surface area contributed by atoms with Gasteiger partial charge in [-0.15, -0.1) is 0 Å². The predicted molar refractivity (Wildman–Crippen MR) is 64.2 cm³/mol. The van der Waals surface area contributed by atoms with Gasteiger partial charge in [0.15, 0.2) is 12.4 Å². The molecule has 1 heterocycles. The molecular formula is C13H15NO3. The van der Waals surface area contributed by atoms with Crippen LogP contribution in [0, 0.1) is 0 Å². The molecule has 0 saturated heterocycles. The van der Waals surface area contributed by atoms with Gasteiger partial charge >= 0.3 is 0 Å².